The van der Waals surface area contributed by atoms with E-state index in [1.807, 2.05) is 30.3 Å². The van der Waals surface area contributed by atoms with Crippen molar-refractivity contribution in [2.75, 3.05) is 27.2 Å². The Morgan fingerprint density at radius 3 is 2.28 bits per heavy atom. The van der Waals surface area contributed by atoms with Crippen LogP contribution in [-0.2, 0) is 39.9 Å². The van der Waals surface area contributed by atoms with Gasteiger partial charge >= 0.3 is 11.9 Å². The number of aliphatic hydroxyl groups excluding tert-OH is 3. The number of hydrogen-bond donors (Lipinski definition) is 8. The number of amides is 2. The maximum Gasteiger partial charge on any atom is 0.326 e. The van der Waals surface area contributed by atoms with Gasteiger partial charge in [-0.15, -0.1) is 0 Å². The minimum Gasteiger partial charge on any atom is -0.508 e. The molecule has 4 aliphatic rings. The highest BCUT2D eigenvalue weighted by Crippen LogP contribution is 2.56. The van der Waals surface area contributed by atoms with Crippen LogP contribution in [0.1, 0.15) is 62.6 Å². The molecule has 1 aliphatic heterocycles. The average Bonchev–Trinajstić information content (AvgIpc) is 3.69. The topological polar surface area (TPSA) is 309 Å². The highest BCUT2D eigenvalue weighted by atomic mass is 16.5. The largest absolute Gasteiger partial charge is 0.508 e. The summed E-state index contributed by atoms with van der Waals surface area (Å²) in [5.41, 5.74) is 2.56. The number of carboxylic acid groups (broad SMARTS) is 1. The molecule has 6 rings (SSSR count). The fourth-order valence-corrected chi connectivity index (χ4v) is 8.95. The molecule has 0 radical (unpaired) electrons. The summed E-state index contributed by atoms with van der Waals surface area (Å²) in [4.78, 5) is 77.7. The molecule has 1 heterocycles. The Labute approximate surface area is 346 Å². The van der Waals surface area contributed by atoms with E-state index in [1.165, 1.54) is 30.0 Å². The maximum atomic E-state index is 13.7. The smallest absolute Gasteiger partial charge is 0.326 e. The number of nitrogens with zero attached hydrogens (tertiary/aromatic N) is 2. The third kappa shape index (κ3) is 8.38. The number of fused-ring (bicyclic) bond motifs is 3. The molecule has 2 aromatic rings. The maximum absolute atomic E-state index is 13.7. The zero-order valence-corrected chi connectivity index (χ0v) is 34.0. The number of rotatable bonds is 11. The van der Waals surface area contributed by atoms with Gasteiger partial charge < -0.3 is 51.5 Å². The van der Waals surface area contributed by atoms with E-state index < -0.39 is 106 Å². The number of aliphatic hydroxyl groups is 4. The van der Waals surface area contributed by atoms with Gasteiger partial charge in [0.15, 0.2) is 11.4 Å². The predicted octanol–water partition coefficient (Wildman–Crippen LogP) is 0.276. The summed E-state index contributed by atoms with van der Waals surface area (Å²) in [6, 6.07) is 10.8. The second-order valence-corrected chi connectivity index (χ2v) is 15.5. The van der Waals surface area contributed by atoms with E-state index in [9.17, 15) is 59.4 Å². The molecule has 0 bridgehead atoms. The summed E-state index contributed by atoms with van der Waals surface area (Å²) in [6.07, 6.45) is 0.699. The Morgan fingerprint density at radius 1 is 1.05 bits per heavy atom. The van der Waals surface area contributed by atoms with Crippen LogP contribution in [0.25, 0.3) is 5.76 Å². The number of carbonyl (C=O) groups is 6. The van der Waals surface area contributed by atoms with Crippen LogP contribution in [-0.4, -0.2) is 144 Å². The number of aliphatic carboxylic acids is 1. The first-order valence-electron chi connectivity index (χ1n) is 19.5. The third-order valence-electron chi connectivity index (χ3n) is 11.8. The van der Waals surface area contributed by atoms with E-state index in [2.05, 4.69) is 5.32 Å². The standard InChI is InChI=1S/C22H24N2O8.C20H28N2O5.H2O/c1-7-8-5-4-6-9(25)11(8)16(26)12-10(7)17(27)14-15(24(2)3)18(28)13(21(23)31)20(30)22(14,32)19(12)29;1-3-27-20(26)16(12-11-15-8-5-4-6-9-15)21-14(2)18(23)22-13-7-10-17(22)19(24)25;/h4-7,10,14-15,17,25-27,30,32H,1-3H3,(H2,23,31);4-6,8-9,14,16-17,21H,3,7,10-13H2,1-2H3,(H,24,25);1H2/t7-,10+,14+,15-,17-,22-;14-,16-,17-;/m00./s1. The van der Waals surface area contributed by atoms with Crippen LogP contribution in [0.5, 0.6) is 5.75 Å². The second-order valence-electron chi connectivity index (χ2n) is 15.5. The van der Waals surface area contributed by atoms with Crippen LogP contribution in [0.3, 0.4) is 0 Å². The van der Waals surface area contributed by atoms with Gasteiger partial charge in [0.2, 0.25) is 11.7 Å². The average molecular weight is 839 g/mol. The number of phenolic OH excluding ortho intramolecular Hbond substituents is 1. The molecule has 18 heteroatoms. The molecule has 18 nitrogen and oxygen atoms in total. The van der Waals surface area contributed by atoms with Crippen LogP contribution >= 0.6 is 0 Å². The summed E-state index contributed by atoms with van der Waals surface area (Å²) in [6.45, 7) is 5.76. The van der Waals surface area contributed by atoms with Gasteiger partial charge in [0.05, 0.1) is 36.3 Å². The fourth-order valence-electron chi connectivity index (χ4n) is 8.95. The van der Waals surface area contributed by atoms with Gasteiger partial charge in [-0.05, 0) is 76.7 Å². The molecule has 9 atom stereocenters. The van der Waals surface area contributed by atoms with Crippen molar-refractivity contribution in [3.63, 3.8) is 0 Å². The van der Waals surface area contributed by atoms with E-state index in [4.69, 9.17) is 10.5 Å². The van der Waals surface area contributed by atoms with Crippen LogP contribution in [0.2, 0.25) is 0 Å². The summed E-state index contributed by atoms with van der Waals surface area (Å²) < 4.78 is 5.14. The lowest BCUT2D eigenvalue weighted by Crippen LogP contribution is -2.70. The minimum atomic E-state index is -2.89. The van der Waals surface area contributed by atoms with Crippen LogP contribution in [0.15, 0.2) is 65.4 Å². The SMILES string of the molecule is CCOC(=O)[C@H](CCc1ccccc1)N[C@@H](C)C(=O)N1CCC[C@H]1C(=O)O.C[C@H]1c2cccc(O)c2C(O)=C2C(=O)[C@]3(O)C(O)=C(C(N)=O)C(=O)[C@@H](N(C)C)[C@@H]3[C@@H](O)[C@@H]21.O. The number of benzene rings is 2. The first-order chi connectivity index (χ1) is 27.8. The monoisotopic (exact) mass is 838 g/mol. The third-order valence-corrected chi connectivity index (χ3v) is 11.8. The fraction of sp³-hybridized carbons (Fsp3) is 0.476. The lowest BCUT2D eigenvalue weighted by Gasteiger charge is -2.53. The zero-order valence-electron chi connectivity index (χ0n) is 34.0. The number of Topliss-reactive ketones (excluding diaryl/α,β-unsaturated/α-hetero) is 2. The van der Waals surface area contributed by atoms with Crippen molar-refractivity contribution in [2.45, 2.75) is 88.2 Å². The van der Waals surface area contributed by atoms with Gasteiger partial charge in [-0.3, -0.25) is 34.2 Å². The molecule has 60 heavy (non-hydrogen) atoms. The molecular formula is C42H54N4O14. The van der Waals surface area contributed by atoms with Gasteiger partial charge in [0.1, 0.15) is 34.9 Å². The number of phenols is 1. The number of likely N-dealkylation sites (tertiary alicyclic amines) is 1. The predicted molar refractivity (Wildman–Crippen MR) is 214 cm³/mol. The molecule has 0 spiro atoms. The number of aryl methyl sites for hydroxylation is 1. The van der Waals surface area contributed by atoms with Crippen molar-refractivity contribution in [1.29, 1.82) is 0 Å². The van der Waals surface area contributed by atoms with Crippen molar-refractivity contribution in [1.82, 2.24) is 15.1 Å². The van der Waals surface area contributed by atoms with Crippen LogP contribution in [0, 0.1) is 11.8 Å². The molecule has 2 aromatic carbocycles. The number of hydrogen-bond acceptors (Lipinski definition) is 14. The van der Waals surface area contributed by atoms with Gasteiger partial charge in [0.25, 0.3) is 5.91 Å². The number of nitrogens with one attached hydrogen (secondary N) is 1. The van der Waals surface area contributed by atoms with E-state index in [1.54, 1.807) is 32.9 Å². The molecule has 0 aromatic heterocycles. The molecule has 2 fully saturated rings. The summed E-state index contributed by atoms with van der Waals surface area (Å²) in [5, 5.41) is 67.2. The highest BCUT2D eigenvalue weighted by molar-refractivity contribution is 6.24. The zero-order chi connectivity index (χ0) is 43.7. The highest BCUT2D eigenvalue weighted by Gasteiger charge is 2.68. The number of aromatic hydroxyl groups is 1. The Kier molecular flexibility index (Phi) is 14.7. The Hall–Kier alpha value is -5.66. The lowest BCUT2D eigenvalue weighted by molar-refractivity contribution is -0.169. The van der Waals surface area contributed by atoms with Crippen molar-refractivity contribution in [3.05, 3.63) is 82.1 Å². The van der Waals surface area contributed by atoms with Crippen molar-refractivity contribution in [3.8, 4) is 5.75 Å². The molecule has 326 valence electrons. The number of ether oxygens (including phenoxy) is 1. The van der Waals surface area contributed by atoms with Crippen LogP contribution < -0.4 is 11.1 Å². The van der Waals surface area contributed by atoms with E-state index in [0.717, 1.165) is 5.56 Å². The number of esters is 1. The summed E-state index contributed by atoms with van der Waals surface area (Å²) >= 11 is 0. The van der Waals surface area contributed by atoms with E-state index >= 15 is 0 Å². The van der Waals surface area contributed by atoms with Crippen LogP contribution in [0.4, 0.5) is 0 Å². The quantitative estimate of drug-likeness (QED) is 0.111. The van der Waals surface area contributed by atoms with Crippen molar-refractivity contribution < 1.29 is 69.6 Å². The lowest BCUT2D eigenvalue weighted by atomic mass is 9.54. The number of nitrogens with two attached hydrogens (primary N) is 1. The van der Waals surface area contributed by atoms with Gasteiger partial charge in [0, 0.05) is 18.0 Å². The number of ketones is 2. The van der Waals surface area contributed by atoms with Crippen molar-refractivity contribution in [2.24, 2.45) is 17.6 Å². The first kappa shape index (κ1) is 47.0. The van der Waals surface area contributed by atoms with Gasteiger partial charge in [-0.1, -0.05) is 49.4 Å². The molecule has 1 saturated carbocycles. The number of primary amides is 1. The van der Waals surface area contributed by atoms with E-state index in [-0.39, 0.29) is 29.3 Å². The molecular weight excluding hydrogens is 784 g/mol. The summed E-state index contributed by atoms with van der Waals surface area (Å²) in [5.74, 6) is -10.5. The van der Waals surface area contributed by atoms with Gasteiger partial charge in [-0.25, -0.2) is 4.79 Å². The Bertz CT molecular complexity index is 2070. The molecule has 11 N–H and O–H groups in total. The first-order valence-corrected chi connectivity index (χ1v) is 19.5. The summed E-state index contributed by atoms with van der Waals surface area (Å²) in [7, 11) is 2.92. The second kappa shape index (κ2) is 18.7. The minimum absolute atomic E-state index is 0. The molecule has 2 amide bonds. The normalized spacial score (nSPS) is 26.8. The Balaban J connectivity index is 0.000000264. The number of likely N-dealkylation sites (N-methyl/N-ethyl adjacent to an activating group) is 1. The Morgan fingerprint density at radius 2 is 1.70 bits per heavy atom. The number of carbonyl (C=O) groups excluding carboxylic acids is 5. The molecule has 1 saturated heterocycles. The molecule has 0 unspecified atom stereocenters. The number of carboxylic acids is 1. The van der Waals surface area contributed by atoms with Gasteiger partial charge in [-0.2, -0.15) is 0 Å². The van der Waals surface area contributed by atoms with Crippen molar-refractivity contribution >= 4 is 41.1 Å². The molecule has 3 aliphatic carbocycles. The van der Waals surface area contributed by atoms with E-state index in [0.29, 0.717) is 37.8 Å².